The van der Waals surface area contributed by atoms with E-state index in [1.807, 2.05) is 6.92 Å². The number of hydrogen-bond donors (Lipinski definition) is 1. The fourth-order valence-corrected chi connectivity index (χ4v) is 2.22. The maximum Gasteiger partial charge on any atom is 0.354 e. The number of carboxylic acids is 1. The van der Waals surface area contributed by atoms with Crippen LogP contribution in [0, 0.1) is 0 Å². The molecule has 22 heavy (non-hydrogen) atoms. The second kappa shape index (κ2) is 6.61. The van der Waals surface area contributed by atoms with Crippen molar-refractivity contribution in [2.24, 2.45) is 0 Å². The van der Waals surface area contributed by atoms with Crippen LogP contribution in [0.4, 0.5) is 0 Å². The van der Waals surface area contributed by atoms with E-state index in [0.717, 1.165) is 10.4 Å². The number of aromatic nitrogens is 4. The molecule has 118 valence electrons. The molecule has 0 bridgehead atoms. The fourth-order valence-electron chi connectivity index (χ4n) is 2.02. The van der Waals surface area contributed by atoms with Gasteiger partial charge in [0.15, 0.2) is 0 Å². The van der Waals surface area contributed by atoms with Crippen molar-refractivity contribution in [2.75, 3.05) is 7.05 Å². The van der Waals surface area contributed by atoms with Crippen LogP contribution in [0.5, 0.6) is 0 Å². The normalized spacial score (nSPS) is 10.7. The molecule has 0 aliphatic heterocycles. The van der Waals surface area contributed by atoms with Crippen LogP contribution in [0.15, 0.2) is 18.5 Å². The van der Waals surface area contributed by atoms with Crippen LogP contribution in [-0.4, -0.2) is 48.5 Å². The monoisotopic (exact) mass is 325 g/mol. The molecule has 0 aliphatic rings. The molecule has 0 saturated heterocycles. The van der Waals surface area contributed by atoms with E-state index in [0.29, 0.717) is 11.6 Å². The summed E-state index contributed by atoms with van der Waals surface area (Å²) in [6.45, 7) is 2.71. The Hall–Kier alpha value is -2.35. The number of rotatable bonds is 6. The Morgan fingerprint density at radius 3 is 2.73 bits per heavy atom. The average molecular weight is 326 g/mol. The number of carbonyl (C=O) groups excluding carboxylic acids is 1. The van der Waals surface area contributed by atoms with Crippen molar-refractivity contribution < 1.29 is 14.7 Å². The number of likely N-dealkylation sites (N-methyl/N-ethyl adjacent to an activating group) is 1. The third kappa shape index (κ3) is 3.28. The van der Waals surface area contributed by atoms with Gasteiger partial charge in [0.25, 0.3) is 0 Å². The number of carboxylic acid groups (broad SMARTS) is 1. The van der Waals surface area contributed by atoms with E-state index in [9.17, 15) is 9.59 Å². The zero-order valence-electron chi connectivity index (χ0n) is 12.2. The van der Waals surface area contributed by atoms with Gasteiger partial charge in [-0.1, -0.05) is 11.6 Å². The van der Waals surface area contributed by atoms with E-state index in [-0.39, 0.29) is 24.7 Å². The first kappa shape index (κ1) is 16.0. The van der Waals surface area contributed by atoms with Crippen LogP contribution < -0.4 is 0 Å². The SMILES string of the molecule is CCn1ncc(Cl)c1CN(C)C(=O)Cn1nccc1C(=O)O. The van der Waals surface area contributed by atoms with Crippen LogP contribution in [-0.2, 0) is 24.4 Å². The number of aryl methyl sites for hydroxylation is 1. The fraction of sp³-hybridized carbons (Fsp3) is 0.385. The molecule has 0 aromatic carbocycles. The highest BCUT2D eigenvalue weighted by molar-refractivity contribution is 6.31. The first-order valence-electron chi connectivity index (χ1n) is 6.63. The van der Waals surface area contributed by atoms with Crippen LogP contribution in [0.2, 0.25) is 5.02 Å². The highest BCUT2D eigenvalue weighted by atomic mass is 35.5. The highest BCUT2D eigenvalue weighted by Gasteiger charge is 2.18. The summed E-state index contributed by atoms with van der Waals surface area (Å²) in [7, 11) is 1.62. The minimum atomic E-state index is -1.12. The van der Waals surface area contributed by atoms with Crippen molar-refractivity contribution in [1.29, 1.82) is 0 Å². The van der Waals surface area contributed by atoms with Gasteiger partial charge in [-0.05, 0) is 13.0 Å². The first-order chi connectivity index (χ1) is 10.4. The molecule has 0 radical (unpaired) electrons. The van der Waals surface area contributed by atoms with Gasteiger partial charge in [0.1, 0.15) is 12.2 Å². The van der Waals surface area contributed by atoms with E-state index in [1.54, 1.807) is 11.7 Å². The Morgan fingerprint density at radius 2 is 2.09 bits per heavy atom. The Balaban J connectivity index is 2.08. The lowest BCUT2D eigenvalue weighted by molar-refractivity contribution is -0.131. The molecule has 1 amide bonds. The van der Waals surface area contributed by atoms with Gasteiger partial charge in [-0.15, -0.1) is 0 Å². The molecule has 0 saturated carbocycles. The Kier molecular flexibility index (Phi) is 4.81. The van der Waals surface area contributed by atoms with Crippen molar-refractivity contribution >= 4 is 23.5 Å². The number of hydrogen-bond acceptors (Lipinski definition) is 4. The van der Waals surface area contributed by atoms with Crippen molar-refractivity contribution in [3.63, 3.8) is 0 Å². The van der Waals surface area contributed by atoms with Gasteiger partial charge < -0.3 is 10.0 Å². The largest absolute Gasteiger partial charge is 0.477 e. The van der Waals surface area contributed by atoms with Crippen LogP contribution in [0.25, 0.3) is 0 Å². The van der Waals surface area contributed by atoms with Crippen molar-refractivity contribution in [3.05, 3.63) is 34.9 Å². The molecule has 0 atom stereocenters. The zero-order chi connectivity index (χ0) is 16.3. The highest BCUT2D eigenvalue weighted by Crippen LogP contribution is 2.17. The minimum absolute atomic E-state index is 0.0293. The molecule has 1 N–H and O–H groups in total. The van der Waals surface area contributed by atoms with E-state index in [4.69, 9.17) is 16.7 Å². The molecular weight excluding hydrogens is 310 g/mol. The Labute approximate surface area is 131 Å². The average Bonchev–Trinajstić information content (AvgIpc) is 3.06. The lowest BCUT2D eigenvalue weighted by Gasteiger charge is -2.18. The maximum absolute atomic E-state index is 12.2. The van der Waals surface area contributed by atoms with Gasteiger partial charge in [0.2, 0.25) is 5.91 Å². The Bertz CT molecular complexity index is 694. The third-order valence-corrected chi connectivity index (χ3v) is 3.55. The van der Waals surface area contributed by atoms with Gasteiger partial charge in [-0.3, -0.25) is 9.48 Å². The Morgan fingerprint density at radius 1 is 1.36 bits per heavy atom. The first-order valence-corrected chi connectivity index (χ1v) is 7.01. The second-order valence-corrected chi connectivity index (χ2v) is 5.09. The van der Waals surface area contributed by atoms with Gasteiger partial charge in [0.05, 0.1) is 23.5 Å². The molecule has 2 heterocycles. The lowest BCUT2D eigenvalue weighted by atomic mass is 10.3. The van der Waals surface area contributed by atoms with Crippen LogP contribution in [0.1, 0.15) is 23.1 Å². The van der Waals surface area contributed by atoms with E-state index >= 15 is 0 Å². The van der Waals surface area contributed by atoms with E-state index in [2.05, 4.69) is 10.2 Å². The lowest BCUT2D eigenvalue weighted by Crippen LogP contribution is -2.32. The molecule has 0 aliphatic carbocycles. The number of nitrogens with zero attached hydrogens (tertiary/aromatic N) is 5. The molecule has 2 aromatic heterocycles. The molecule has 0 spiro atoms. The molecule has 8 nitrogen and oxygen atoms in total. The summed E-state index contributed by atoms with van der Waals surface area (Å²) in [5.41, 5.74) is 0.706. The summed E-state index contributed by atoms with van der Waals surface area (Å²) in [5, 5.41) is 17.5. The standard InChI is InChI=1S/C13H16ClN5O3/c1-3-18-11(9(14)6-16-18)7-17(2)12(20)8-19-10(13(21)22)4-5-15-19/h4-6H,3,7-8H2,1-2H3,(H,21,22). The third-order valence-electron chi connectivity index (χ3n) is 3.23. The van der Waals surface area contributed by atoms with Gasteiger partial charge in [-0.25, -0.2) is 9.48 Å². The molecule has 2 aromatic rings. The number of aromatic carboxylic acids is 1. The number of amides is 1. The van der Waals surface area contributed by atoms with Gasteiger partial charge in [0, 0.05) is 19.8 Å². The summed E-state index contributed by atoms with van der Waals surface area (Å²) in [5.74, 6) is -1.40. The van der Waals surface area contributed by atoms with Crippen LogP contribution >= 0.6 is 11.6 Å². The van der Waals surface area contributed by atoms with Gasteiger partial charge >= 0.3 is 5.97 Å². The summed E-state index contributed by atoms with van der Waals surface area (Å²) in [6, 6.07) is 1.35. The predicted octanol–water partition coefficient (Wildman–Crippen LogP) is 1.11. The summed E-state index contributed by atoms with van der Waals surface area (Å²) >= 11 is 6.07. The summed E-state index contributed by atoms with van der Waals surface area (Å²) in [4.78, 5) is 24.7. The zero-order valence-corrected chi connectivity index (χ0v) is 13.0. The molecule has 9 heteroatoms. The van der Waals surface area contributed by atoms with Crippen LogP contribution in [0.3, 0.4) is 0 Å². The quantitative estimate of drug-likeness (QED) is 0.858. The number of carbonyl (C=O) groups is 2. The van der Waals surface area contributed by atoms with Crippen molar-refractivity contribution in [2.45, 2.75) is 26.6 Å². The summed E-state index contributed by atoms with van der Waals surface area (Å²) in [6.07, 6.45) is 2.88. The van der Waals surface area contributed by atoms with Crippen molar-refractivity contribution in [3.8, 4) is 0 Å². The minimum Gasteiger partial charge on any atom is -0.477 e. The second-order valence-electron chi connectivity index (χ2n) is 4.68. The van der Waals surface area contributed by atoms with Gasteiger partial charge in [-0.2, -0.15) is 10.2 Å². The smallest absolute Gasteiger partial charge is 0.354 e. The summed E-state index contributed by atoms with van der Waals surface area (Å²) < 4.78 is 2.86. The molecular formula is C13H16ClN5O3. The number of halogens is 1. The van der Waals surface area contributed by atoms with E-state index < -0.39 is 5.97 Å². The molecule has 2 rings (SSSR count). The maximum atomic E-state index is 12.2. The molecule has 0 fully saturated rings. The van der Waals surface area contributed by atoms with E-state index in [1.165, 1.54) is 23.4 Å². The predicted molar refractivity (Wildman–Crippen MR) is 78.6 cm³/mol. The van der Waals surface area contributed by atoms with Crippen molar-refractivity contribution in [1.82, 2.24) is 24.5 Å². The molecule has 0 unspecified atom stereocenters. The topological polar surface area (TPSA) is 93.3 Å².